The van der Waals surface area contributed by atoms with E-state index >= 15 is 0 Å². The number of para-hydroxylation sites is 1. The van der Waals surface area contributed by atoms with E-state index in [0.717, 1.165) is 41.2 Å². The molecule has 6 heteroatoms. The number of hydrogen-bond donors (Lipinski definition) is 1. The summed E-state index contributed by atoms with van der Waals surface area (Å²) in [5, 5.41) is 9.69. The molecular weight excluding hydrogens is 370 g/mol. The minimum Gasteiger partial charge on any atom is -0.465 e. The Morgan fingerprint density at radius 3 is 2.79 bits per heavy atom. The number of fused-ring (bicyclic) bond motifs is 1. The molecule has 3 rings (SSSR count). The van der Waals surface area contributed by atoms with E-state index in [1.807, 2.05) is 39.2 Å². The van der Waals surface area contributed by atoms with Crippen LogP contribution in [0.5, 0.6) is 0 Å². The third kappa shape index (κ3) is 3.16. The average Bonchev–Trinajstić information content (AvgIpc) is 2.91. The fraction of sp³-hybridized carbons (Fsp3) is 0.556. The molecule has 0 spiro atoms. The van der Waals surface area contributed by atoms with Gasteiger partial charge in [-0.25, -0.2) is 9.78 Å². The summed E-state index contributed by atoms with van der Waals surface area (Å²) in [5.74, 6) is 0. The molecular formula is C18H24BrN3O2. The lowest BCUT2D eigenvalue weighted by molar-refractivity contribution is 0.0489. The van der Waals surface area contributed by atoms with Crippen LogP contribution < -0.4 is 0 Å². The number of aromatic nitrogens is 2. The number of nitrogens with zero attached hydrogens (tertiary/aromatic N) is 3. The van der Waals surface area contributed by atoms with Gasteiger partial charge in [-0.3, -0.25) is 0 Å². The Kier molecular flexibility index (Phi) is 4.60. The van der Waals surface area contributed by atoms with Gasteiger partial charge < -0.3 is 14.6 Å². The first-order valence-electron chi connectivity index (χ1n) is 8.42. The zero-order valence-electron chi connectivity index (χ0n) is 14.4. The second kappa shape index (κ2) is 6.39. The van der Waals surface area contributed by atoms with Gasteiger partial charge in [-0.15, -0.1) is 0 Å². The molecule has 24 heavy (non-hydrogen) atoms. The highest BCUT2D eigenvalue weighted by Crippen LogP contribution is 2.36. The van der Waals surface area contributed by atoms with Gasteiger partial charge in [-0.05, 0) is 74.5 Å². The Morgan fingerprint density at radius 2 is 2.12 bits per heavy atom. The van der Waals surface area contributed by atoms with Crippen molar-refractivity contribution in [2.45, 2.75) is 64.1 Å². The standard InChI is InChI=1S/C18H24BrN3O2/c1-18(2,3)22(17(23)24)13-7-4-6-12(10-13)21-11-20-16-14(19)8-5-9-15(16)21/h5,8-9,11-13H,4,6-7,10H2,1-3H3,(H,23,24)/t12-,13+/m0/s1. The van der Waals surface area contributed by atoms with E-state index in [1.165, 1.54) is 0 Å². The number of carboxylic acid groups (broad SMARTS) is 1. The number of halogens is 1. The summed E-state index contributed by atoms with van der Waals surface area (Å²) in [7, 11) is 0. The predicted octanol–water partition coefficient (Wildman–Crippen LogP) is 5.06. The maximum Gasteiger partial charge on any atom is 0.407 e. The summed E-state index contributed by atoms with van der Waals surface area (Å²) in [6, 6.07) is 6.42. The number of amides is 1. The first-order valence-corrected chi connectivity index (χ1v) is 9.21. The van der Waals surface area contributed by atoms with Crippen LogP contribution in [0.1, 0.15) is 52.5 Å². The van der Waals surface area contributed by atoms with Crippen molar-refractivity contribution in [3.8, 4) is 0 Å². The van der Waals surface area contributed by atoms with Crippen molar-refractivity contribution in [3.63, 3.8) is 0 Å². The minimum absolute atomic E-state index is 0.0471. The molecule has 1 saturated carbocycles. The molecule has 1 amide bonds. The van der Waals surface area contributed by atoms with Crippen LogP contribution in [0.15, 0.2) is 29.0 Å². The van der Waals surface area contributed by atoms with Crippen LogP contribution in [0.2, 0.25) is 0 Å². The van der Waals surface area contributed by atoms with Crippen molar-refractivity contribution in [2.24, 2.45) is 0 Å². The number of rotatable bonds is 2. The molecule has 1 aliphatic carbocycles. The van der Waals surface area contributed by atoms with Gasteiger partial charge in [0.05, 0.1) is 11.8 Å². The largest absolute Gasteiger partial charge is 0.465 e. The summed E-state index contributed by atoms with van der Waals surface area (Å²) in [5.41, 5.74) is 1.68. The highest BCUT2D eigenvalue weighted by molar-refractivity contribution is 9.10. The van der Waals surface area contributed by atoms with Gasteiger partial charge in [-0.2, -0.15) is 0 Å². The number of imidazole rings is 1. The monoisotopic (exact) mass is 393 g/mol. The number of carbonyl (C=O) groups is 1. The minimum atomic E-state index is -0.827. The Morgan fingerprint density at radius 1 is 1.38 bits per heavy atom. The lowest BCUT2D eigenvalue weighted by Gasteiger charge is -2.43. The number of benzene rings is 1. The normalized spacial score (nSPS) is 21.8. The van der Waals surface area contributed by atoms with E-state index in [4.69, 9.17) is 0 Å². The zero-order chi connectivity index (χ0) is 17.5. The van der Waals surface area contributed by atoms with Crippen molar-refractivity contribution >= 4 is 33.1 Å². The third-order valence-corrected chi connectivity index (χ3v) is 5.50. The van der Waals surface area contributed by atoms with Crippen molar-refractivity contribution in [1.29, 1.82) is 0 Å². The van der Waals surface area contributed by atoms with Crippen LogP contribution in [-0.2, 0) is 0 Å². The molecule has 1 N–H and O–H groups in total. The highest BCUT2D eigenvalue weighted by atomic mass is 79.9. The fourth-order valence-electron chi connectivity index (χ4n) is 3.93. The molecule has 2 atom stereocenters. The van der Waals surface area contributed by atoms with Gasteiger partial charge in [0.2, 0.25) is 0 Å². The molecule has 0 bridgehead atoms. The van der Waals surface area contributed by atoms with Crippen molar-refractivity contribution in [3.05, 3.63) is 29.0 Å². The van der Waals surface area contributed by atoms with Crippen LogP contribution in [0.3, 0.4) is 0 Å². The summed E-state index contributed by atoms with van der Waals surface area (Å²) in [6.07, 6.45) is 4.92. The summed E-state index contributed by atoms with van der Waals surface area (Å²) >= 11 is 3.55. The molecule has 0 aliphatic heterocycles. The molecule has 0 unspecified atom stereocenters. The smallest absolute Gasteiger partial charge is 0.407 e. The molecule has 1 aromatic carbocycles. The summed E-state index contributed by atoms with van der Waals surface area (Å²) in [6.45, 7) is 5.90. The Hall–Kier alpha value is -1.56. The first kappa shape index (κ1) is 17.3. The lowest BCUT2D eigenvalue weighted by atomic mass is 9.87. The van der Waals surface area contributed by atoms with Gasteiger partial charge >= 0.3 is 6.09 Å². The second-order valence-electron chi connectivity index (χ2n) is 7.56. The topological polar surface area (TPSA) is 58.4 Å². The van der Waals surface area contributed by atoms with Crippen molar-refractivity contribution in [2.75, 3.05) is 0 Å². The average molecular weight is 394 g/mol. The molecule has 130 valence electrons. The van der Waals surface area contributed by atoms with Gasteiger partial charge in [-0.1, -0.05) is 6.07 Å². The quantitative estimate of drug-likeness (QED) is 0.775. The molecule has 0 saturated heterocycles. The lowest BCUT2D eigenvalue weighted by Crippen LogP contribution is -2.52. The van der Waals surface area contributed by atoms with Crippen LogP contribution in [0.25, 0.3) is 11.0 Å². The van der Waals surface area contributed by atoms with E-state index in [-0.39, 0.29) is 12.1 Å². The van der Waals surface area contributed by atoms with Crippen molar-refractivity contribution < 1.29 is 9.90 Å². The van der Waals surface area contributed by atoms with Gasteiger partial charge in [0.25, 0.3) is 0 Å². The summed E-state index contributed by atoms with van der Waals surface area (Å²) < 4.78 is 3.21. The molecule has 1 aliphatic rings. The van der Waals surface area contributed by atoms with Crippen LogP contribution in [0.4, 0.5) is 4.79 Å². The van der Waals surface area contributed by atoms with Crippen molar-refractivity contribution in [1.82, 2.24) is 14.5 Å². The Labute approximate surface area is 150 Å². The molecule has 2 aromatic rings. The third-order valence-electron chi connectivity index (χ3n) is 4.86. The SMILES string of the molecule is CC(C)(C)N(C(=O)O)[C@@H]1CCC[C@H](n2cnc3c(Br)cccc32)C1. The van der Waals surface area contributed by atoms with Gasteiger partial charge in [0.1, 0.15) is 5.52 Å². The molecule has 5 nitrogen and oxygen atoms in total. The highest BCUT2D eigenvalue weighted by Gasteiger charge is 2.36. The zero-order valence-corrected chi connectivity index (χ0v) is 16.0. The predicted molar refractivity (Wildman–Crippen MR) is 98.3 cm³/mol. The molecule has 0 radical (unpaired) electrons. The van der Waals surface area contributed by atoms with Crippen LogP contribution in [0, 0.1) is 0 Å². The Bertz CT molecular complexity index is 750. The van der Waals surface area contributed by atoms with Crippen LogP contribution in [-0.4, -0.2) is 37.2 Å². The van der Waals surface area contributed by atoms with E-state index in [1.54, 1.807) is 4.90 Å². The Balaban J connectivity index is 1.90. The number of hydrogen-bond acceptors (Lipinski definition) is 2. The van der Waals surface area contributed by atoms with E-state index in [2.05, 4.69) is 31.5 Å². The van der Waals surface area contributed by atoms with E-state index in [0.29, 0.717) is 0 Å². The molecule has 1 heterocycles. The molecule has 1 fully saturated rings. The maximum atomic E-state index is 11.8. The van der Waals surface area contributed by atoms with Crippen LogP contribution >= 0.6 is 15.9 Å². The van der Waals surface area contributed by atoms with Gasteiger partial charge in [0.15, 0.2) is 0 Å². The maximum absolute atomic E-state index is 11.8. The fourth-order valence-corrected chi connectivity index (χ4v) is 4.39. The molecule has 1 aromatic heterocycles. The first-order chi connectivity index (χ1) is 11.3. The second-order valence-corrected chi connectivity index (χ2v) is 8.41. The van der Waals surface area contributed by atoms with E-state index in [9.17, 15) is 9.90 Å². The summed E-state index contributed by atoms with van der Waals surface area (Å²) in [4.78, 5) is 18.0. The van der Waals surface area contributed by atoms with Gasteiger partial charge in [0, 0.05) is 22.1 Å². The van der Waals surface area contributed by atoms with E-state index < -0.39 is 11.6 Å².